The van der Waals surface area contributed by atoms with Gasteiger partial charge >= 0.3 is 5.97 Å². The van der Waals surface area contributed by atoms with E-state index in [2.05, 4.69) is 10.6 Å². The minimum atomic E-state index is -1.25. The molecule has 0 heterocycles. The lowest BCUT2D eigenvalue weighted by atomic mass is 10.1. The number of nitro groups is 1. The zero-order chi connectivity index (χ0) is 20.7. The van der Waals surface area contributed by atoms with Crippen LogP contribution in [-0.4, -0.2) is 33.9 Å². The van der Waals surface area contributed by atoms with Gasteiger partial charge in [-0.2, -0.15) is 0 Å². The van der Waals surface area contributed by atoms with Crippen LogP contribution in [0.5, 0.6) is 0 Å². The van der Waals surface area contributed by atoms with Crippen molar-refractivity contribution in [1.29, 1.82) is 0 Å². The van der Waals surface area contributed by atoms with Crippen molar-refractivity contribution >= 4 is 29.5 Å². The topological polar surface area (TPSA) is 139 Å². The van der Waals surface area contributed by atoms with E-state index in [1.807, 2.05) is 0 Å². The second-order valence-electron chi connectivity index (χ2n) is 5.76. The molecule has 2 rings (SSSR count). The zero-order valence-corrected chi connectivity index (χ0v) is 14.8. The van der Waals surface area contributed by atoms with Gasteiger partial charge in [0, 0.05) is 17.7 Å². The summed E-state index contributed by atoms with van der Waals surface area (Å²) in [5, 5.41) is 24.6. The van der Waals surface area contributed by atoms with E-state index in [1.54, 1.807) is 18.2 Å². The number of hydrogen-bond acceptors (Lipinski definition) is 5. The first-order valence-corrected chi connectivity index (χ1v) is 8.14. The number of carboxylic acids is 1. The molecule has 0 bridgehead atoms. The Kier molecular flexibility index (Phi) is 6.58. The Morgan fingerprint density at radius 3 is 2.39 bits per heavy atom. The Labute approximate surface area is 159 Å². The third kappa shape index (κ3) is 5.49. The largest absolute Gasteiger partial charge is 0.480 e. The highest BCUT2D eigenvalue weighted by Crippen LogP contribution is 2.15. The number of rotatable bonds is 7. The number of carbonyl (C=O) groups is 3. The molecule has 0 aliphatic carbocycles. The van der Waals surface area contributed by atoms with E-state index in [-0.39, 0.29) is 22.5 Å². The molecule has 0 aliphatic rings. The maximum atomic E-state index is 12.5. The average molecular weight is 383 g/mol. The second kappa shape index (κ2) is 9.08. The van der Waals surface area contributed by atoms with Gasteiger partial charge in [0.15, 0.2) is 0 Å². The molecular formula is C19H17N3O6. The molecule has 0 unspecified atom stereocenters. The van der Waals surface area contributed by atoms with Crippen LogP contribution in [0.4, 0.5) is 5.69 Å². The Hall–Kier alpha value is -4.01. The van der Waals surface area contributed by atoms with E-state index in [0.717, 1.165) is 0 Å². The van der Waals surface area contributed by atoms with Crippen molar-refractivity contribution in [3.8, 4) is 0 Å². The molecule has 144 valence electrons. The molecule has 0 saturated heterocycles. The van der Waals surface area contributed by atoms with Gasteiger partial charge in [-0.3, -0.25) is 24.5 Å². The number of carbonyl (C=O) groups excluding carboxylic acids is 2. The standard InChI is InChI=1S/C19H17N3O6/c1-12(19(25)26)20-18(24)16(21-17(23)14-7-3-2-4-8-14)11-13-6-5-9-15(10-13)22(27)28/h2-12H,1H3,(H,20,24)(H,21,23)(H,25,26)/b16-11+/t12-/m1/s1. The molecule has 28 heavy (non-hydrogen) atoms. The van der Waals surface area contributed by atoms with E-state index < -0.39 is 28.7 Å². The van der Waals surface area contributed by atoms with Gasteiger partial charge < -0.3 is 15.7 Å². The van der Waals surface area contributed by atoms with E-state index in [9.17, 15) is 24.5 Å². The van der Waals surface area contributed by atoms with Crippen LogP contribution in [0, 0.1) is 10.1 Å². The van der Waals surface area contributed by atoms with Crippen LogP contribution in [0.2, 0.25) is 0 Å². The number of aliphatic carboxylic acids is 1. The van der Waals surface area contributed by atoms with Crippen LogP contribution >= 0.6 is 0 Å². The van der Waals surface area contributed by atoms with Crippen LogP contribution in [0.3, 0.4) is 0 Å². The van der Waals surface area contributed by atoms with E-state index in [0.29, 0.717) is 0 Å². The third-order valence-corrected chi connectivity index (χ3v) is 3.64. The van der Waals surface area contributed by atoms with Crippen molar-refractivity contribution in [2.75, 3.05) is 0 Å². The molecule has 2 aromatic rings. The lowest BCUT2D eigenvalue weighted by molar-refractivity contribution is -0.384. The van der Waals surface area contributed by atoms with Crippen molar-refractivity contribution in [3.05, 3.63) is 81.5 Å². The van der Waals surface area contributed by atoms with E-state index in [1.165, 1.54) is 49.4 Å². The van der Waals surface area contributed by atoms with Gasteiger partial charge in [0.2, 0.25) is 0 Å². The number of nitro benzene ring substituents is 1. The molecule has 0 radical (unpaired) electrons. The molecule has 0 aromatic heterocycles. The van der Waals surface area contributed by atoms with Crippen LogP contribution < -0.4 is 10.6 Å². The molecule has 1 atom stereocenters. The summed E-state index contributed by atoms with van der Waals surface area (Å²) in [5.41, 5.74) is 0.131. The Morgan fingerprint density at radius 2 is 1.79 bits per heavy atom. The summed E-state index contributed by atoms with van der Waals surface area (Å²) in [4.78, 5) is 46.2. The first-order chi connectivity index (χ1) is 13.3. The summed E-state index contributed by atoms with van der Waals surface area (Å²) in [6.45, 7) is 1.27. The maximum absolute atomic E-state index is 12.5. The molecule has 9 heteroatoms. The van der Waals surface area contributed by atoms with Crippen molar-refractivity contribution < 1.29 is 24.4 Å². The predicted molar refractivity (Wildman–Crippen MR) is 100 cm³/mol. The van der Waals surface area contributed by atoms with Crippen molar-refractivity contribution in [2.45, 2.75) is 13.0 Å². The zero-order valence-electron chi connectivity index (χ0n) is 14.8. The average Bonchev–Trinajstić information content (AvgIpc) is 2.68. The first kappa shape index (κ1) is 20.3. The molecular weight excluding hydrogens is 366 g/mol. The first-order valence-electron chi connectivity index (χ1n) is 8.14. The maximum Gasteiger partial charge on any atom is 0.325 e. The molecule has 3 N–H and O–H groups in total. The summed E-state index contributed by atoms with van der Waals surface area (Å²) in [5.74, 6) is -2.68. The van der Waals surface area contributed by atoms with Crippen LogP contribution in [0.1, 0.15) is 22.8 Å². The van der Waals surface area contributed by atoms with E-state index >= 15 is 0 Å². The van der Waals surface area contributed by atoms with Gasteiger partial charge in [0.25, 0.3) is 17.5 Å². The molecule has 0 fully saturated rings. The Morgan fingerprint density at radius 1 is 1.11 bits per heavy atom. The number of hydrogen-bond donors (Lipinski definition) is 3. The lowest BCUT2D eigenvalue weighted by Crippen LogP contribution is -2.42. The summed E-state index contributed by atoms with van der Waals surface area (Å²) in [6, 6.07) is 12.3. The monoisotopic (exact) mass is 383 g/mol. The van der Waals surface area contributed by atoms with Gasteiger partial charge in [-0.15, -0.1) is 0 Å². The van der Waals surface area contributed by atoms with Gasteiger partial charge in [-0.1, -0.05) is 30.3 Å². The highest BCUT2D eigenvalue weighted by Gasteiger charge is 2.20. The number of nitrogens with one attached hydrogen (secondary N) is 2. The molecule has 0 saturated carbocycles. The fourth-order valence-corrected chi connectivity index (χ4v) is 2.17. The Bertz CT molecular complexity index is 940. The van der Waals surface area contributed by atoms with Crippen LogP contribution in [-0.2, 0) is 9.59 Å². The number of non-ortho nitro benzene ring substituents is 1. The molecule has 9 nitrogen and oxygen atoms in total. The minimum Gasteiger partial charge on any atom is -0.480 e. The minimum absolute atomic E-state index is 0.193. The Balaban J connectivity index is 2.36. The number of amides is 2. The summed E-state index contributed by atoms with van der Waals surface area (Å²) in [7, 11) is 0. The molecule has 2 aromatic carbocycles. The molecule has 0 spiro atoms. The second-order valence-corrected chi connectivity index (χ2v) is 5.76. The normalized spacial score (nSPS) is 12.0. The fourth-order valence-electron chi connectivity index (χ4n) is 2.17. The van der Waals surface area contributed by atoms with Crippen molar-refractivity contribution in [3.63, 3.8) is 0 Å². The molecule has 0 aliphatic heterocycles. The SMILES string of the molecule is C[C@@H](NC(=O)/C(=C\c1cccc([N+](=O)[O-])c1)NC(=O)c1ccccc1)C(=O)O. The summed E-state index contributed by atoms with van der Waals surface area (Å²) in [6.07, 6.45) is 1.23. The molecule has 2 amide bonds. The third-order valence-electron chi connectivity index (χ3n) is 3.64. The van der Waals surface area contributed by atoms with Gasteiger partial charge in [0.05, 0.1) is 4.92 Å². The van der Waals surface area contributed by atoms with Crippen molar-refractivity contribution in [2.24, 2.45) is 0 Å². The summed E-state index contributed by atoms with van der Waals surface area (Å²) < 4.78 is 0. The fraction of sp³-hybridized carbons (Fsp3) is 0.105. The van der Waals surface area contributed by atoms with Gasteiger partial charge in [0.1, 0.15) is 11.7 Å². The van der Waals surface area contributed by atoms with E-state index in [4.69, 9.17) is 5.11 Å². The van der Waals surface area contributed by atoms with Crippen LogP contribution in [0.15, 0.2) is 60.3 Å². The van der Waals surface area contributed by atoms with Gasteiger partial charge in [-0.25, -0.2) is 0 Å². The number of nitrogens with zero attached hydrogens (tertiary/aromatic N) is 1. The van der Waals surface area contributed by atoms with Gasteiger partial charge in [-0.05, 0) is 30.7 Å². The number of benzene rings is 2. The quantitative estimate of drug-likeness (QED) is 0.379. The lowest BCUT2D eigenvalue weighted by Gasteiger charge is -2.13. The van der Waals surface area contributed by atoms with Crippen molar-refractivity contribution in [1.82, 2.24) is 10.6 Å². The number of carboxylic acid groups (broad SMARTS) is 1. The highest BCUT2D eigenvalue weighted by atomic mass is 16.6. The predicted octanol–water partition coefficient (Wildman–Crippen LogP) is 1.96. The smallest absolute Gasteiger partial charge is 0.325 e. The summed E-state index contributed by atoms with van der Waals surface area (Å²) >= 11 is 0. The highest BCUT2D eigenvalue weighted by molar-refractivity contribution is 6.06. The van der Waals surface area contributed by atoms with Crippen LogP contribution in [0.25, 0.3) is 6.08 Å².